The number of nitrogens with one attached hydrogen (secondary N) is 1. The number of hydrogen-bond donors (Lipinski definition) is 1. The van der Waals surface area contributed by atoms with E-state index >= 15 is 0 Å². The van der Waals surface area contributed by atoms with Crippen LogP contribution >= 0.6 is 11.3 Å². The van der Waals surface area contributed by atoms with Gasteiger partial charge in [0.25, 0.3) is 0 Å². The lowest BCUT2D eigenvalue weighted by Gasteiger charge is -2.31. The van der Waals surface area contributed by atoms with E-state index in [1.165, 1.54) is 12.8 Å². The number of piperidine rings is 1. The summed E-state index contributed by atoms with van der Waals surface area (Å²) in [6, 6.07) is 3.93. The quantitative estimate of drug-likeness (QED) is 0.615. The fraction of sp³-hybridized carbons (Fsp3) is 0.667. The second kappa shape index (κ2) is 10.7. The predicted octanol–water partition coefficient (Wildman–Crippen LogP) is 3.54. The van der Waals surface area contributed by atoms with Gasteiger partial charge in [-0.15, -0.1) is 0 Å². The highest BCUT2D eigenvalue weighted by atomic mass is 32.1. The van der Waals surface area contributed by atoms with Crippen molar-refractivity contribution in [2.45, 2.75) is 46.0 Å². The lowest BCUT2D eigenvalue weighted by molar-refractivity contribution is -0.125. The molecule has 1 saturated heterocycles. The molecular weight excluding hydrogens is 370 g/mol. The minimum Gasteiger partial charge on any atom is -0.356 e. The molecule has 0 atom stereocenters. The minimum atomic E-state index is 0.131. The zero-order valence-corrected chi connectivity index (χ0v) is 18.0. The summed E-state index contributed by atoms with van der Waals surface area (Å²) in [5, 5.41) is 4.19. The Hall–Kier alpha value is -1.73. The molecule has 1 N–H and O–H groups in total. The normalized spacial score (nSPS) is 15.5. The van der Waals surface area contributed by atoms with E-state index in [0.29, 0.717) is 0 Å². The predicted molar refractivity (Wildman–Crippen MR) is 117 cm³/mol. The molecule has 0 saturated carbocycles. The molecule has 3 rings (SSSR count). The maximum atomic E-state index is 12.5. The SMILES string of the molecule is CCCN(CCC)CCCNC(=O)C1CCN(c2nc3cccnc3s2)CC1. The average molecular weight is 404 g/mol. The number of rotatable bonds is 10. The molecular formula is C21H33N5OS. The first-order valence-electron chi connectivity index (χ1n) is 10.7. The van der Waals surface area contributed by atoms with Crippen molar-refractivity contribution >= 4 is 32.7 Å². The van der Waals surface area contributed by atoms with Gasteiger partial charge in [-0.2, -0.15) is 0 Å². The number of pyridine rings is 1. The summed E-state index contributed by atoms with van der Waals surface area (Å²) in [5.41, 5.74) is 0.961. The summed E-state index contributed by atoms with van der Waals surface area (Å²) in [6.07, 6.45) is 7.01. The van der Waals surface area contributed by atoms with E-state index < -0.39 is 0 Å². The van der Waals surface area contributed by atoms with Gasteiger partial charge in [-0.3, -0.25) is 4.79 Å². The molecule has 6 nitrogen and oxygen atoms in total. The van der Waals surface area contributed by atoms with Gasteiger partial charge in [0.05, 0.1) is 0 Å². The van der Waals surface area contributed by atoms with Gasteiger partial charge in [0.15, 0.2) is 5.13 Å². The third-order valence-electron chi connectivity index (χ3n) is 5.32. The molecule has 1 amide bonds. The largest absolute Gasteiger partial charge is 0.356 e. The van der Waals surface area contributed by atoms with Crippen molar-refractivity contribution < 1.29 is 4.79 Å². The van der Waals surface area contributed by atoms with Crippen LogP contribution in [0, 0.1) is 5.92 Å². The molecule has 0 aromatic carbocycles. The Bertz CT molecular complexity index is 702. The Kier molecular flexibility index (Phi) is 8.03. The molecule has 0 bridgehead atoms. The Balaban J connectivity index is 1.39. The van der Waals surface area contributed by atoms with Gasteiger partial charge < -0.3 is 15.1 Å². The molecule has 0 aliphatic carbocycles. The van der Waals surface area contributed by atoms with E-state index in [4.69, 9.17) is 4.98 Å². The van der Waals surface area contributed by atoms with Crippen LogP contribution in [-0.4, -0.2) is 60.0 Å². The molecule has 154 valence electrons. The summed E-state index contributed by atoms with van der Waals surface area (Å²) >= 11 is 1.64. The number of aromatic nitrogens is 2. The summed E-state index contributed by atoms with van der Waals surface area (Å²) < 4.78 is 0. The number of carbonyl (C=O) groups excluding carboxylic acids is 1. The first-order valence-corrected chi connectivity index (χ1v) is 11.5. The first-order chi connectivity index (χ1) is 13.7. The number of nitrogens with zero attached hydrogens (tertiary/aromatic N) is 4. The third kappa shape index (κ3) is 5.64. The minimum absolute atomic E-state index is 0.131. The molecule has 0 spiro atoms. The van der Waals surface area contributed by atoms with E-state index in [-0.39, 0.29) is 11.8 Å². The molecule has 0 unspecified atom stereocenters. The Morgan fingerprint density at radius 1 is 1.25 bits per heavy atom. The van der Waals surface area contributed by atoms with Crippen LogP contribution in [-0.2, 0) is 4.79 Å². The van der Waals surface area contributed by atoms with Crippen molar-refractivity contribution in [2.24, 2.45) is 5.92 Å². The van der Waals surface area contributed by atoms with Crippen LogP contribution in [0.3, 0.4) is 0 Å². The van der Waals surface area contributed by atoms with Crippen molar-refractivity contribution in [1.29, 1.82) is 0 Å². The zero-order valence-electron chi connectivity index (χ0n) is 17.2. The second-order valence-corrected chi connectivity index (χ2v) is 8.53. The molecule has 1 fully saturated rings. The van der Waals surface area contributed by atoms with E-state index in [1.54, 1.807) is 11.3 Å². The van der Waals surface area contributed by atoms with Crippen molar-refractivity contribution in [2.75, 3.05) is 44.2 Å². The smallest absolute Gasteiger partial charge is 0.223 e. The molecule has 7 heteroatoms. The third-order valence-corrected chi connectivity index (χ3v) is 6.36. The molecule has 3 heterocycles. The van der Waals surface area contributed by atoms with Crippen molar-refractivity contribution in [3.63, 3.8) is 0 Å². The molecule has 1 aliphatic heterocycles. The van der Waals surface area contributed by atoms with Gasteiger partial charge >= 0.3 is 0 Å². The Labute approximate surface area is 172 Å². The number of thiazole rings is 1. The van der Waals surface area contributed by atoms with Gasteiger partial charge in [-0.25, -0.2) is 9.97 Å². The topological polar surface area (TPSA) is 61.4 Å². The monoisotopic (exact) mass is 403 g/mol. The number of hydrogen-bond acceptors (Lipinski definition) is 6. The number of anilines is 1. The maximum Gasteiger partial charge on any atom is 0.223 e. The van der Waals surface area contributed by atoms with Crippen LogP contribution < -0.4 is 10.2 Å². The summed E-state index contributed by atoms with van der Waals surface area (Å²) in [4.78, 5) is 27.4. The standard InChI is InChI=1S/C21H33N5OS/c1-3-12-25(13-4-2)14-6-11-22-19(27)17-8-15-26(16-9-17)21-24-18-7-5-10-23-20(18)28-21/h5,7,10,17H,3-4,6,8-9,11-16H2,1-2H3,(H,22,27). The highest BCUT2D eigenvalue weighted by Crippen LogP contribution is 2.30. The summed E-state index contributed by atoms with van der Waals surface area (Å²) in [7, 11) is 0. The molecule has 2 aromatic rings. The van der Waals surface area contributed by atoms with Crippen LogP contribution in [0.5, 0.6) is 0 Å². The second-order valence-electron chi connectivity index (χ2n) is 7.57. The number of fused-ring (bicyclic) bond motifs is 1. The average Bonchev–Trinajstić information content (AvgIpc) is 3.15. The highest BCUT2D eigenvalue weighted by molar-refractivity contribution is 7.21. The van der Waals surface area contributed by atoms with Gasteiger partial charge in [-0.1, -0.05) is 25.2 Å². The zero-order chi connectivity index (χ0) is 19.8. The van der Waals surface area contributed by atoms with Gasteiger partial charge in [0.1, 0.15) is 10.3 Å². The van der Waals surface area contributed by atoms with Gasteiger partial charge in [0, 0.05) is 31.7 Å². The van der Waals surface area contributed by atoms with Crippen molar-refractivity contribution in [3.8, 4) is 0 Å². The Morgan fingerprint density at radius 2 is 2.00 bits per heavy atom. The number of amides is 1. The Morgan fingerprint density at radius 3 is 2.68 bits per heavy atom. The fourth-order valence-electron chi connectivity index (χ4n) is 3.85. The lowest BCUT2D eigenvalue weighted by atomic mass is 9.96. The fourth-order valence-corrected chi connectivity index (χ4v) is 4.81. The van der Waals surface area contributed by atoms with E-state index in [9.17, 15) is 4.79 Å². The van der Waals surface area contributed by atoms with Crippen molar-refractivity contribution in [1.82, 2.24) is 20.2 Å². The molecule has 0 radical (unpaired) electrons. The van der Waals surface area contributed by atoms with Crippen molar-refractivity contribution in [3.05, 3.63) is 18.3 Å². The van der Waals surface area contributed by atoms with Gasteiger partial charge in [-0.05, 0) is 63.9 Å². The van der Waals surface area contributed by atoms with E-state index in [0.717, 1.165) is 74.0 Å². The van der Waals surface area contributed by atoms with E-state index in [1.807, 2.05) is 18.3 Å². The van der Waals surface area contributed by atoms with Gasteiger partial charge in [0.2, 0.25) is 5.91 Å². The molecule has 1 aliphatic rings. The van der Waals surface area contributed by atoms with Crippen LogP contribution in [0.15, 0.2) is 18.3 Å². The lowest BCUT2D eigenvalue weighted by Crippen LogP contribution is -2.41. The van der Waals surface area contributed by atoms with Crippen LogP contribution in [0.25, 0.3) is 10.3 Å². The summed E-state index contributed by atoms with van der Waals surface area (Å²) in [5.74, 6) is 0.356. The number of carbonyl (C=O) groups is 1. The first kappa shape index (κ1) is 21.0. The van der Waals surface area contributed by atoms with Crippen LogP contribution in [0.1, 0.15) is 46.0 Å². The maximum absolute atomic E-state index is 12.5. The van der Waals surface area contributed by atoms with Crippen LogP contribution in [0.2, 0.25) is 0 Å². The highest BCUT2D eigenvalue weighted by Gasteiger charge is 2.26. The van der Waals surface area contributed by atoms with E-state index in [2.05, 4.69) is 33.9 Å². The molecule has 28 heavy (non-hydrogen) atoms. The van der Waals surface area contributed by atoms with Crippen LogP contribution in [0.4, 0.5) is 5.13 Å². The molecule has 2 aromatic heterocycles. The summed E-state index contributed by atoms with van der Waals surface area (Å²) in [6.45, 7) is 10.4.